The van der Waals surface area contributed by atoms with Crippen LogP contribution in [0.2, 0.25) is 0 Å². The molecule has 6 nitrogen and oxygen atoms in total. The molecule has 0 saturated heterocycles. The summed E-state index contributed by atoms with van der Waals surface area (Å²) in [4.78, 5) is 18.1. The fraction of sp³-hybridized carbons (Fsp3) is 0.172. The first-order valence-corrected chi connectivity index (χ1v) is 11.7. The molecule has 176 valence electrons. The van der Waals surface area contributed by atoms with Gasteiger partial charge in [0, 0.05) is 18.8 Å². The van der Waals surface area contributed by atoms with E-state index < -0.39 is 5.97 Å². The molecule has 35 heavy (non-hydrogen) atoms. The molecule has 3 aromatic carbocycles. The van der Waals surface area contributed by atoms with Gasteiger partial charge in [-0.05, 0) is 41.3 Å². The molecule has 1 aliphatic rings. The van der Waals surface area contributed by atoms with Crippen molar-refractivity contribution in [2.75, 3.05) is 23.4 Å². The summed E-state index contributed by atoms with van der Waals surface area (Å²) in [5.41, 5.74) is 5.81. The molecule has 0 amide bonds. The highest BCUT2D eigenvalue weighted by molar-refractivity contribution is 5.87. The van der Waals surface area contributed by atoms with Crippen molar-refractivity contribution in [2.45, 2.75) is 19.5 Å². The Morgan fingerprint density at radius 1 is 1.00 bits per heavy atom. The highest BCUT2D eigenvalue weighted by Crippen LogP contribution is 2.39. The van der Waals surface area contributed by atoms with Crippen LogP contribution in [0.25, 0.3) is 11.1 Å². The van der Waals surface area contributed by atoms with E-state index in [9.17, 15) is 4.79 Å². The summed E-state index contributed by atoms with van der Waals surface area (Å²) >= 11 is 0. The van der Waals surface area contributed by atoms with Gasteiger partial charge in [0.1, 0.15) is 18.0 Å². The van der Waals surface area contributed by atoms with E-state index in [1.54, 1.807) is 18.3 Å². The maximum Gasteiger partial charge on any atom is 0.335 e. The fourth-order valence-electron chi connectivity index (χ4n) is 4.36. The number of hydrogen-bond acceptors (Lipinski definition) is 5. The van der Waals surface area contributed by atoms with Crippen molar-refractivity contribution in [3.63, 3.8) is 0 Å². The Labute approximate surface area is 204 Å². The van der Waals surface area contributed by atoms with Crippen LogP contribution in [0.1, 0.15) is 34.5 Å². The van der Waals surface area contributed by atoms with Crippen LogP contribution >= 0.6 is 0 Å². The maximum absolute atomic E-state index is 11.2. The number of carbonyl (C=O) groups is 1. The molecule has 0 bridgehead atoms. The minimum atomic E-state index is -0.930. The monoisotopic (exact) mass is 465 g/mol. The Kier molecular flexibility index (Phi) is 6.35. The van der Waals surface area contributed by atoms with Crippen molar-refractivity contribution in [3.05, 3.63) is 108 Å². The molecule has 0 aliphatic carbocycles. The molecular weight excluding hydrogens is 438 g/mol. The van der Waals surface area contributed by atoms with Gasteiger partial charge in [0.2, 0.25) is 0 Å². The molecule has 6 heteroatoms. The molecule has 0 unspecified atom stereocenters. The lowest BCUT2D eigenvalue weighted by Crippen LogP contribution is -2.33. The van der Waals surface area contributed by atoms with Gasteiger partial charge >= 0.3 is 5.97 Å². The Balaban J connectivity index is 1.36. The third-order valence-corrected chi connectivity index (χ3v) is 6.27. The highest BCUT2D eigenvalue weighted by atomic mass is 16.5. The Hall–Kier alpha value is -4.32. The number of carboxylic acid groups (broad SMARTS) is 1. The molecule has 0 spiro atoms. The first kappa shape index (κ1) is 22.5. The second-order valence-corrected chi connectivity index (χ2v) is 8.63. The van der Waals surface area contributed by atoms with Gasteiger partial charge in [-0.1, -0.05) is 66.7 Å². The summed E-state index contributed by atoms with van der Waals surface area (Å²) in [6.07, 6.45) is 1.75. The van der Waals surface area contributed by atoms with Crippen molar-refractivity contribution >= 4 is 17.5 Å². The SMILES string of the molecule is C[C@H](Nc1nccc2c1N(Cc1ccc(-c3ccccc3)cc1)CCO2)c1ccc(C(=O)O)cc1. The lowest BCUT2D eigenvalue weighted by molar-refractivity contribution is 0.0697. The van der Waals surface area contributed by atoms with E-state index >= 15 is 0 Å². The van der Waals surface area contributed by atoms with E-state index in [2.05, 4.69) is 63.7 Å². The van der Waals surface area contributed by atoms with Crippen molar-refractivity contribution < 1.29 is 14.6 Å². The summed E-state index contributed by atoms with van der Waals surface area (Å²) in [5, 5.41) is 12.7. The van der Waals surface area contributed by atoms with Crippen LogP contribution in [0.4, 0.5) is 11.5 Å². The summed E-state index contributed by atoms with van der Waals surface area (Å²) in [7, 11) is 0. The smallest absolute Gasteiger partial charge is 0.335 e. The molecule has 0 radical (unpaired) electrons. The minimum Gasteiger partial charge on any atom is -0.489 e. The highest BCUT2D eigenvalue weighted by Gasteiger charge is 2.24. The van der Waals surface area contributed by atoms with Gasteiger partial charge in [0.25, 0.3) is 0 Å². The predicted octanol–water partition coefficient (Wildman–Crippen LogP) is 6.02. The number of aromatic nitrogens is 1. The maximum atomic E-state index is 11.2. The quantitative estimate of drug-likeness (QED) is 0.348. The van der Waals surface area contributed by atoms with Gasteiger partial charge in [-0.3, -0.25) is 0 Å². The first-order valence-electron chi connectivity index (χ1n) is 11.7. The standard InChI is InChI=1S/C29H27N3O3/c1-20(22-11-13-25(14-12-22)29(33)34)31-28-27-26(15-16-30-28)35-18-17-32(27)19-21-7-9-24(10-8-21)23-5-3-2-4-6-23/h2-16,20H,17-19H2,1H3,(H,30,31)(H,33,34)/t20-/m0/s1. The summed E-state index contributed by atoms with van der Waals surface area (Å²) in [6, 6.07) is 27.8. The van der Waals surface area contributed by atoms with Gasteiger partial charge in [-0.15, -0.1) is 0 Å². The molecule has 4 aromatic rings. The Morgan fingerprint density at radius 2 is 1.71 bits per heavy atom. The average Bonchev–Trinajstić information content (AvgIpc) is 2.90. The number of pyridine rings is 1. The van der Waals surface area contributed by atoms with E-state index in [0.29, 0.717) is 6.61 Å². The number of nitrogens with one attached hydrogen (secondary N) is 1. The van der Waals surface area contributed by atoms with Gasteiger partial charge in [-0.2, -0.15) is 0 Å². The van der Waals surface area contributed by atoms with Crippen LogP contribution in [0.5, 0.6) is 5.75 Å². The second-order valence-electron chi connectivity index (χ2n) is 8.63. The summed E-state index contributed by atoms with van der Waals surface area (Å²) in [5.74, 6) is 0.626. The molecule has 5 rings (SSSR count). The number of anilines is 2. The number of nitrogens with zero attached hydrogens (tertiary/aromatic N) is 2. The molecule has 1 aliphatic heterocycles. The Bertz CT molecular complexity index is 1310. The van der Waals surface area contributed by atoms with E-state index in [-0.39, 0.29) is 11.6 Å². The zero-order valence-electron chi connectivity index (χ0n) is 19.5. The molecular formula is C29H27N3O3. The molecule has 1 aromatic heterocycles. The van der Waals surface area contributed by atoms with E-state index in [1.807, 2.05) is 31.2 Å². The zero-order valence-corrected chi connectivity index (χ0v) is 19.5. The summed E-state index contributed by atoms with van der Waals surface area (Å²) in [6.45, 7) is 4.15. The topological polar surface area (TPSA) is 74.7 Å². The van der Waals surface area contributed by atoms with Gasteiger partial charge < -0.3 is 20.1 Å². The molecule has 2 heterocycles. The number of hydrogen-bond donors (Lipinski definition) is 2. The Morgan fingerprint density at radius 3 is 2.43 bits per heavy atom. The lowest BCUT2D eigenvalue weighted by Gasteiger charge is -2.33. The second kappa shape index (κ2) is 9.89. The van der Waals surface area contributed by atoms with Gasteiger partial charge in [0.15, 0.2) is 5.82 Å². The number of rotatable bonds is 7. The number of carboxylic acids is 1. The predicted molar refractivity (Wildman–Crippen MR) is 138 cm³/mol. The van der Waals surface area contributed by atoms with E-state index in [1.165, 1.54) is 16.7 Å². The molecule has 0 saturated carbocycles. The molecule has 2 N–H and O–H groups in total. The lowest BCUT2D eigenvalue weighted by atomic mass is 10.0. The van der Waals surface area contributed by atoms with Crippen LogP contribution < -0.4 is 15.0 Å². The zero-order chi connectivity index (χ0) is 24.2. The number of aromatic carboxylic acids is 1. The van der Waals surface area contributed by atoms with E-state index in [4.69, 9.17) is 9.84 Å². The minimum absolute atomic E-state index is 0.0641. The fourth-order valence-corrected chi connectivity index (χ4v) is 4.36. The van der Waals surface area contributed by atoms with Gasteiger partial charge in [-0.25, -0.2) is 9.78 Å². The first-order chi connectivity index (χ1) is 17.1. The summed E-state index contributed by atoms with van der Waals surface area (Å²) < 4.78 is 5.95. The normalized spacial score (nSPS) is 13.5. The number of fused-ring (bicyclic) bond motifs is 1. The number of ether oxygens (including phenoxy) is 1. The van der Waals surface area contributed by atoms with Crippen molar-refractivity contribution in [1.82, 2.24) is 4.98 Å². The van der Waals surface area contributed by atoms with Gasteiger partial charge in [0.05, 0.1) is 18.2 Å². The largest absolute Gasteiger partial charge is 0.489 e. The third-order valence-electron chi connectivity index (χ3n) is 6.27. The van der Waals surface area contributed by atoms with Crippen LogP contribution in [-0.4, -0.2) is 29.2 Å². The van der Waals surface area contributed by atoms with Crippen LogP contribution in [0, 0.1) is 0 Å². The van der Waals surface area contributed by atoms with Crippen LogP contribution in [0.15, 0.2) is 91.1 Å². The van der Waals surface area contributed by atoms with Crippen LogP contribution in [0.3, 0.4) is 0 Å². The van der Waals surface area contributed by atoms with Crippen molar-refractivity contribution in [1.29, 1.82) is 0 Å². The molecule has 1 atom stereocenters. The average molecular weight is 466 g/mol. The molecule has 0 fully saturated rings. The van der Waals surface area contributed by atoms with Crippen LogP contribution in [-0.2, 0) is 6.54 Å². The van der Waals surface area contributed by atoms with Crippen molar-refractivity contribution in [2.24, 2.45) is 0 Å². The van der Waals surface area contributed by atoms with E-state index in [0.717, 1.165) is 35.9 Å². The number of benzene rings is 3. The third kappa shape index (κ3) is 4.96. The van der Waals surface area contributed by atoms with Crippen molar-refractivity contribution in [3.8, 4) is 16.9 Å².